The van der Waals surface area contributed by atoms with Gasteiger partial charge in [-0.05, 0) is 54.6 Å². The molecule has 45 heavy (non-hydrogen) atoms. The van der Waals surface area contributed by atoms with Gasteiger partial charge in [-0.25, -0.2) is 4.79 Å². The van der Waals surface area contributed by atoms with E-state index in [4.69, 9.17) is 38.9 Å². The van der Waals surface area contributed by atoms with E-state index in [1.165, 1.54) is 18.2 Å². The van der Waals surface area contributed by atoms with E-state index in [1.54, 1.807) is 30.3 Å². The molecule has 13 heteroatoms. The number of ether oxygens (including phenoxy) is 7. The quantitative estimate of drug-likeness (QED) is 0.0849. The number of rotatable bonds is 22. The normalized spacial score (nSPS) is 11.4. The number of nitrogens with two attached hydrogens (primary N) is 1. The molecule has 0 aliphatic rings. The third-order valence-corrected chi connectivity index (χ3v) is 5.94. The zero-order chi connectivity index (χ0) is 32.2. The second kappa shape index (κ2) is 20.2. The van der Waals surface area contributed by atoms with Gasteiger partial charge in [-0.15, -0.1) is 0 Å². The molecule has 0 radical (unpaired) electrons. The fourth-order valence-electron chi connectivity index (χ4n) is 3.73. The van der Waals surface area contributed by atoms with Crippen LogP contribution in [-0.2, 0) is 34.6 Å². The average Bonchev–Trinajstić information content (AvgIpc) is 3.03. The van der Waals surface area contributed by atoms with Gasteiger partial charge in [-0.1, -0.05) is 18.2 Å². The lowest BCUT2D eigenvalue weighted by atomic mass is 10.1. The summed E-state index contributed by atoms with van der Waals surface area (Å²) in [6, 6.07) is 18.3. The van der Waals surface area contributed by atoms with Gasteiger partial charge in [0.1, 0.15) is 19.0 Å². The number of carbonyl (C=O) groups is 1. The molecule has 0 atom stereocenters. The summed E-state index contributed by atoms with van der Waals surface area (Å²) in [4.78, 5) is 12.5. The summed E-state index contributed by atoms with van der Waals surface area (Å²) in [6.07, 6.45) is -4.47. The summed E-state index contributed by atoms with van der Waals surface area (Å²) in [5.74, 6) is 0.117. The molecule has 10 nitrogen and oxygen atoms in total. The van der Waals surface area contributed by atoms with Crippen molar-refractivity contribution in [3.8, 4) is 5.75 Å². The number of carbonyl (C=O) groups excluding carboxylic acids is 1. The highest BCUT2D eigenvalue weighted by molar-refractivity contribution is 5.96. The number of alkyl halides is 3. The van der Waals surface area contributed by atoms with Crippen LogP contribution in [0.25, 0.3) is 0 Å². The zero-order valence-electron chi connectivity index (χ0n) is 24.9. The second-order valence-corrected chi connectivity index (χ2v) is 9.36. The van der Waals surface area contributed by atoms with Crippen molar-refractivity contribution in [1.82, 2.24) is 0 Å². The van der Waals surface area contributed by atoms with Crippen molar-refractivity contribution >= 4 is 23.0 Å². The monoisotopic (exact) mass is 636 g/mol. The molecule has 3 aromatic carbocycles. The van der Waals surface area contributed by atoms with Gasteiger partial charge in [-0.3, -0.25) is 0 Å². The molecular formula is C32H39F3N2O8. The first kappa shape index (κ1) is 35.6. The van der Waals surface area contributed by atoms with Crippen molar-refractivity contribution in [2.75, 3.05) is 90.3 Å². The molecule has 246 valence electrons. The van der Waals surface area contributed by atoms with Gasteiger partial charge in [0.05, 0.1) is 82.9 Å². The van der Waals surface area contributed by atoms with Crippen LogP contribution in [0.5, 0.6) is 5.75 Å². The van der Waals surface area contributed by atoms with E-state index in [0.29, 0.717) is 77.4 Å². The van der Waals surface area contributed by atoms with Crippen LogP contribution in [0.15, 0.2) is 72.8 Å². The Balaban J connectivity index is 1.12. The predicted molar refractivity (Wildman–Crippen MR) is 162 cm³/mol. The highest BCUT2D eigenvalue weighted by Gasteiger charge is 2.30. The predicted octanol–water partition coefficient (Wildman–Crippen LogP) is 5.35. The molecule has 0 aliphatic heterocycles. The minimum Gasteiger partial charge on any atom is -0.491 e. The van der Waals surface area contributed by atoms with Gasteiger partial charge in [0, 0.05) is 11.4 Å². The maximum absolute atomic E-state index is 13.0. The van der Waals surface area contributed by atoms with Crippen LogP contribution in [0.1, 0.15) is 15.9 Å². The number of esters is 1. The third-order valence-electron chi connectivity index (χ3n) is 5.94. The van der Waals surface area contributed by atoms with Crippen molar-refractivity contribution in [2.45, 2.75) is 6.18 Å². The molecule has 0 amide bonds. The second-order valence-electron chi connectivity index (χ2n) is 9.36. The van der Waals surface area contributed by atoms with Crippen LogP contribution in [0.4, 0.5) is 30.2 Å². The van der Waals surface area contributed by atoms with Gasteiger partial charge in [-0.2, -0.15) is 13.2 Å². The number of para-hydroxylation sites is 1. The fraction of sp³-hybridized carbons (Fsp3) is 0.406. The molecule has 0 saturated carbocycles. The largest absolute Gasteiger partial charge is 0.491 e. The van der Waals surface area contributed by atoms with Gasteiger partial charge in [0.25, 0.3) is 0 Å². The van der Waals surface area contributed by atoms with Crippen molar-refractivity contribution in [3.05, 3.63) is 83.9 Å². The molecule has 0 heterocycles. The summed E-state index contributed by atoms with van der Waals surface area (Å²) in [5.41, 5.74) is 6.23. The van der Waals surface area contributed by atoms with E-state index < -0.39 is 17.7 Å². The third kappa shape index (κ3) is 14.6. The summed E-state index contributed by atoms with van der Waals surface area (Å²) in [6.45, 7) is 4.30. The summed E-state index contributed by atoms with van der Waals surface area (Å²) in [5, 5.41) is 2.85. The standard InChI is InChI=1S/C32H39F3N2O8/c33-32(34,35)25-4-3-5-27(24-25)37-30-7-2-1-6-29(30)31(38)45-23-21-43-19-17-41-15-13-39-12-14-40-16-18-42-20-22-44-28-10-8-26(36)9-11-28/h1-11,24,37H,12-23,36H2. The Hall–Kier alpha value is -3.88. The van der Waals surface area contributed by atoms with E-state index in [-0.39, 0.29) is 24.5 Å². The SMILES string of the molecule is Nc1ccc(OCCOCCOCCOCCOCCOCCOC(=O)c2ccccc2Nc2cccc(C(F)(F)F)c2)cc1. The first-order valence-corrected chi connectivity index (χ1v) is 14.4. The number of nitrogens with one attached hydrogen (secondary N) is 1. The molecule has 3 aromatic rings. The smallest absolute Gasteiger partial charge is 0.416 e. The number of hydrogen-bond donors (Lipinski definition) is 2. The Bertz CT molecular complexity index is 1260. The molecule has 3 N–H and O–H groups in total. The first-order valence-electron chi connectivity index (χ1n) is 14.4. The molecule has 0 aromatic heterocycles. The maximum Gasteiger partial charge on any atom is 0.416 e. The first-order chi connectivity index (χ1) is 21.8. The lowest BCUT2D eigenvalue weighted by molar-refractivity contribution is -0.137. The van der Waals surface area contributed by atoms with Gasteiger partial charge in [0.2, 0.25) is 0 Å². The topological polar surface area (TPSA) is 120 Å². The minimum absolute atomic E-state index is 0.00226. The van der Waals surface area contributed by atoms with Crippen LogP contribution in [0.3, 0.4) is 0 Å². The van der Waals surface area contributed by atoms with E-state index in [0.717, 1.165) is 17.9 Å². The van der Waals surface area contributed by atoms with Crippen LogP contribution in [0.2, 0.25) is 0 Å². The minimum atomic E-state index is -4.47. The van der Waals surface area contributed by atoms with E-state index >= 15 is 0 Å². The fourth-order valence-corrected chi connectivity index (χ4v) is 3.73. The van der Waals surface area contributed by atoms with Crippen LogP contribution >= 0.6 is 0 Å². The van der Waals surface area contributed by atoms with Gasteiger partial charge in [0.15, 0.2) is 0 Å². The number of nitrogen functional groups attached to an aromatic ring is 1. The van der Waals surface area contributed by atoms with E-state index in [2.05, 4.69) is 5.32 Å². The highest BCUT2D eigenvalue weighted by atomic mass is 19.4. The van der Waals surface area contributed by atoms with Crippen LogP contribution in [0, 0.1) is 0 Å². The molecule has 0 unspecified atom stereocenters. The van der Waals surface area contributed by atoms with Crippen molar-refractivity contribution < 1.29 is 51.1 Å². The molecule has 3 rings (SSSR count). The highest BCUT2D eigenvalue weighted by Crippen LogP contribution is 2.32. The number of anilines is 3. The van der Waals surface area contributed by atoms with Gasteiger partial charge < -0.3 is 44.2 Å². The van der Waals surface area contributed by atoms with Crippen molar-refractivity contribution in [2.24, 2.45) is 0 Å². The zero-order valence-corrected chi connectivity index (χ0v) is 24.9. The Kier molecular flexibility index (Phi) is 16.0. The van der Waals surface area contributed by atoms with Crippen molar-refractivity contribution in [3.63, 3.8) is 0 Å². The molecular weight excluding hydrogens is 597 g/mol. The number of halogens is 3. The molecule has 0 aliphatic carbocycles. The summed E-state index contributed by atoms with van der Waals surface area (Å²) in [7, 11) is 0. The van der Waals surface area contributed by atoms with Gasteiger partial charge >= 0.3 is 12.1 Å². The lowest BCUT2D eigenvalue weighted by Crippen LogP contribution is -2.15. The summed E-state index contributed by atoms with van der Waals surface area (Å²) >= 11 is 0. The summed E-state index contributed by atoms with van der Waals surface area (Å²) < 4.78 is 77.0. The van der Waals surface area contributed by atoms with Crippen LogP contribution < -0.4 is 15.8 Å². The van der Waals surface area contributed by atoms with E-state index in [9.17, 15) is 18.0 Å². The Morgan fingerprint density at radius 1 is 0.644 bits per heavy atom. The number of benzene rings is 3. The van der Waals surface area contributed by atoms with E-state index in [1.807, 2.05) is 12.1 Å². The molecule has 0 bridgehead atoms. The van der Waals surface area contributed by atoms with Crippen LogP contribution in [-0.4, -0.2) is 85.3 Å². The molecule has 0 saturated heterocycles. The Morgan fingerprint density at radius 3 is 1.76 bits per heavy atom. The average molecular weight is 637 g/mol. The Labute approximate surface area is 260 Å². The maximum atomic E-state index is 13.0. The lowest BCUT2D eigenvalue weighted by Gasteiger charge is -2.13. The Morgan fingerprint density at radius 2 is 1.18 bits per heavy atom. The molecule has 0 spiro atoms. The number of hydrogen-bond acceptors (Lipinski definition) is 10. The molecule has 0 fully saturated rings. The van der Waals surface area contributed by atoms with Crippen molar-refractivity contribution in [1.29, 1.82) is 0 Å².